The number of benzene rings is 3. The topological polar surface area (TPSA) is 82.5 Å². The van der Waals surface area contributed by atoms with Gasteiger partial charge >= 0.3 is 12.0 Å². The molecule has 6 nitrogen and oxygen atoms in total. The van der Waals surface area contributed by atoms with E-state index in [9.17, 15) is 14.7 Å². The zero-order chi connectivity index (χ0) is 23.0. The summed E-state index contributed by atoms with van der Waals surface area (Å²) in [6.07, 6.45) is 0.551. The minimum Gasteiger partial charge on any atom is -0.481 e. The van der Waals surface area contributed by atoms with Crippen LogP contribution in [0.25, 0.3) is 10.2 Å². The van der Waals surface area contributed by atoms with Crippen LogP contribution in [0.5, 0.6) is 0 Å². The number of nitrogens with zero attached hydrogens (tertiary/aromatic N) is 2. The van der Waals surface area contributed by atoms with Gasteiger partial charge in [-0.05, 0) is 29.7 Å². The molecule has 2 amide bonds. The van der Waals surface area contributed by atoms with E-state index in [1.54, 1.807) is 4.90 Å². The highest BCUT2D eigenvalue weighted by atomic mass is 32.1. The van der Waals surface area contributed by atoms with Gasteiger partial charge in [-0.25, -0.2) is 9.78 Å². The zero-order valence-electron chi connectivity index (χ0n) is 18.1. The maximum absolute atomic E-state index is 13.1. The summed E-state index contributed by atoms with van der Waals surface area (Å²) in [7, 11) is 0. The quantitative estimate of drug-likeness (QED) is 0.330. The predicted octanol–water partition coefficient (Wildman–Crippen LogP) is 5.83. The van der Waals surface area contributed by atoms with Gasteiger partial charge in [0, 0.05) is 19.0 Å². The highest BCUT2D eigenvalue weighted by Gasteiger charge is 2.20. The number of thiazole rings is 1. The molecule has 0 bridgehead atoms. The molecule has 0 atom stereocenters. The van der Waals surface area contributed by atoms with Gasteiger partial charge in [0.25, 0.3) is 0 Å². The fraction of sp³-hybridized carbons (Fsp3) is 0.192. The Balaban J connectivity index is 1.51. The van der Waals surface area contributed by atoms with Gasteiger partial charge < -0.3 is 10.0 Å². The molecule has 4 rings (SSSR count). The Labute approximate surface area is 196 Å². The van der Waals surface area contributed by atoms with Crippen molar-refractivity contribution < 1.29 is 14.7 Å². The standard InChI is InChI=1S/C26H25N3O3S/c30-24(31)16-18-29(26(32)28-25-27-22-13-7-8-14-23(22)33-25)17-15-21(19-9-3-1-4-10-19)20-11-5-2-6-12-20/h1-14,21H,15-18H2,(H,30,31)(H,27,28,32). The number of carbonyl (C=O) groups excluding carboxylic acids is 1. The number of amides is 2. The number of carboxylic acid groups (broad SMARTS) is 1. The van der Waals surface area contributed by atoms with Gasteiger partial charge in [-0.3, -0.25) is 10.1 Å². The molecule has 168 valence electrons. The van der Waals surface area contributed by atoms with E-state index in [1.165, 1.54) is 11.3 Å². The Bertz CT molecular complexity index is 1140. The van der Waals surface area contributed by atoms with E-state index < -0.39 is 5.97 Å². The predicted molar refractivity (Wildman–Crippen MR) is 132 cm³/mol. The van der Waals surface area contributed by atoms with Crippen LogP contribution < -0.4 is 5.32 Å². The van der Waals surface area contributed by atoms with E-state index in [1.807, 2.05) is 60.7 Å². The lowest BCUT2D eigenvalue weighted by Crippen LogP contribution is -2.37. The first kappa shape index (κ1) is 22.5. The van der Waals surface area contributed by atoms with Crippen LogP contribution in [-0.2, 0) is 4.79 Å². The van der Waals surface area contributed by atoms with Gasteiger partial charge in [-0.2, -0.15) is 0 Å². The van der Waals surface area contributed by atoms with E-state index in [-0.39, 0.29) is 24.9 Å². The van der Waals surface area contributed by atoms with Gasteiger partial charge in [0.1, 0.15) is 0 Å². The Morgan fingerprint density at radius 2 is 1.48 bits per heavy atom. The van der Waals surface area contributed by atoms with Gasteiger partial charge in [0.05, 0.1) is 16.6 Å². The van der Waals surface area contributed by atoms with Gasteiger partial charge in [0.15, 0.2) is 5.13 Å². The first-order valence-corrected chi connectivity index (χ1v) is 11.6. The summed E-state index contributed by atoms with van der Waals surface area (Å²) in [4.78, 5) is 30.3. The molecular formula is C26H25N3O3S. The molecule has 3 aromatic carbocycles. The van der Waals surface area contributed by atoms with Crippen molar-refractivity contribution in [3.63, 3.8) is 0 Å². The molecule has 0 spiro atoms. The van der Waals surface area contributed by atoms with Crippen LogP contribution >= 0.6 is 11.3 Å². The number of hydrogen-bond donors (Lipinski definition) is 2. The van der Waals surface area contributed by atoms with Gasteiger partial charge in [0.2, 0.25) is 0 Å². The van der Waals surface area contributed by atoms with E-state index in [0.717, 1.165) is 21.3 Å². The summed E-state index contributed by atoms with van der Waals surface area (Å²) in [5.74, 6) is -0.842. The van der Waals surface area contributed by atoms with Crippen molar-refractivity contribution in [3.8, 4) is 0 Å². The molecule has 0 saturated heterocycles. The third kappa shape index (κ3) is 5.96. The van der Waals surface area contributed by atoms with Crippen molar-refractivity contribution >= 4 is 38.7 Å². The number of carboxylic acids is 1. The number of para-hydroxylation sites is 1. The van der Waals surface area contributed by atoms with E-state index in [2.05, 4.69) is 34.6 Å². The summed E-state index contributed by atoms with van der Waals surface area (Å²) >= 11 is 1.40. The maximum atomic E-state index is 13.1. The average molecular weight is 460 g/mol. The van der Waals surface area contributed by atoms with Crippen LogP contribution in [0.1, 0.15) is 29.9 Å². The number of rotatable bonds is 9. The molecule has 0 saturated carbocycles. The van der Waals surface area contributed by atoms with Crippen LogP contribution in [-0.4, -0.2) is 40.1 Å². The summed E-state index contributed by atoms with van der Waals surface area (Å²) in [6.45, 7) is 0.542. The lowest BCUT2D eigenvalue weighted by atomic mass is 9.88. The second-order valence-corrected chi connectivity index (χ2v) is 8.74. The second-order valence-electron chi connectivity index (χ2n) is 7.71. The second kappa shape index (κ2) is 10.7. The first-order chi connectivity index (χ1) is 16.1. The minimum atomic E-state index is -0.935. The van der Waals surface area contributed by atoms with Crippen LogP contribution in [0.15, 0.2) is 84.9 Å². The number of hydrogen-bond acceptors (Lipinski definition) is 4. The largest absolute Gasteiger partial charge is 0.481 e. The molecule has 0 aliphatic heterocycles. The minimum absolute atomic E-state index is 0.0926. The zero-order valence-corrected chi connectivity index (χ0v) is 18.9. The number of aromatic nitrogens is 1. The van der Waals surface area contributed by atoms with E-state index >= 15 is 0 Å². The third-order valence-corrected chi connectivity index (χ3v) is 6.43. The van der Waals surface area contributed by atoms with Crippen molar-refractivity contribution in [2.45, 2.75) is 18.8 Å². The molecule has 0 unspecified atom stereocenters. The number of fused-ring (bicyclic) bond motifs is 1. The lowest BCUT2D eigenvalue weighted by Gasteiger charge is -2.25. The smallest absolute Gasteiger partial charge is 0.323 e. The molecule has 33 heavy (non-hydrogen) atoms. The van der Waals surface area contributed by atoms with E-state index in [0.29, 0.717) is 18.1 Å². The highest BCUT2D eigenvalue weighted by molar-refractivity contribution is 7.22. The average Bonchev–Trinajstić information content (AvgIpc) is 3.24. The molecule has 7 heteroatoms. The van der Waals surface area contributed by atoms with Gasteiger partial charge in [-0.15, -0.1) is 0 Å². The Morgan fingerprint density at radius 1 is 0.879 bits per heavy atom. The third-order valence-electron chi connectivity index (χ3n) is 5.48. The van der Waals surface area contributed by atoms with Gasteiger partial charge in [-0.1, -0.05) is 84.1 Å². The van der Waals surface area contributed by atoms with E-state index in [4.69, 9.17) is 0 Å². The van der Waals surface area contributed by atoms with Crippen molar-refractivity contribution in [1.29, 1.82) is 0 Å². The highest BCUT2D eigenvalue weighted by Crippen LogP contribution is 2.29. The molecule has 1 aromatic heterocycles. The Morgan fingerprint density at radius 3 is 2.09 bits per heavy atom. The summed E-state index contributed by atoms with van der Waals surface area (Å²) in [5, 5.41) is 12.6. The molecule has 0 aliphatic carbocycles. The number of nitrogens with one attached hydrogen (secondary N) is 1. The number of anilines is 1. The number of urea groups is 1. The summed E-state index contributed by atoms with van der Waals surface area (Å²) < 4.78 is 0.984. The molecule has 2 N–H and O–H groups in total. The molecule has 0 fully saturated rings. The van der Waals surface area contributed by atoms with Crippen LogP contribution in [0, 0.1) is 0 Å². The summed E-state index contributed by atoms with van der Waals surface area (Å²) in [5.41, 5.74) is 3.14. The summed E-state index contributed by atoms with van der Waals surface area (Å²) in [6, 6.07) is 27.7. The van der Waals surface area contributed by atoms with Crippen molar-refractivity contribution in [3.05, 3.63) is 96.1 Å². The fourth-order valence-electron chi connectivity index (χ4n) is 3.82. The first-order valence-electron chi connectivity index (χ1n) is 10.8. The van der Waals surface area contributed by atoms with Crippen LogP contribution in [0.2, 0.25) is 0 Å². The molecule has 4 aromatic rings. The van der Waals surface area contributed by atoms with Crippen LogP contribution in [0.3, 0.4) is 0 Å². The number of aliphatic carboxylic acids is 1. The SMILES string of the molecule is O=C(O)CCN(CCC(c1ccccc1)c1ccccc1)C(=O)Nc1nc2ccccc2s1. The monoisotopic (exact) mass is 459 g/mol. The molecule has 1 heterocycles. The lowest BCUT2D eigenvalue weighted by molar-refractivity contribution is -0.137. The molecule has 0 radical (unpaired) electrons. The van der Waals surface area contributed by atoms with Crippen molar-refractivity contribution in [2.75, 3.05) is 18.4 Å². The number of carbonyl (C=O) groups is 2. The maximum Gasteiger partial charge on any atom is 0.323 e. The Kier molecular flexibility index (Phi) is 7.32. The Hall–Kier alpha value is -3.71. The van der Waals surface area contributed by atoms with Crippen LogP contribution in [0.4, 0.5) is 9.93 Å². The fourth-order valence-corrected chi connectivity index (χ4v) is 4.68. The molecular weight excluding hydrogens is 434 g/mol. The normalized spacial score (nSPS) is 10.9. The van der Waals surface area contributed by atoms with Crippen molar-refractivity contribution in [2.24, 2.45) is 0 Å². The molecule has 0 aliphatic rings. The van der Waals surface area contributed by atoms with Crippen molar-refractivity contribution in [1.82, 2.24) is 9.88 Å².